The summed E-state index contributed by atoms with van der Waals surface area (Å²) in [5.74, 6) is 0.0112. The van der Waals surface area contributed by atoms with Gasteiger partial charge in [-0.25, -0.2) is 4.39 Å². The van der Waals surface area contributed by atoms with Crippen molar-refractivity contribution in [2.24, 2.45) is 11.7 Å². The molecule has 3 N–H and O–H groups in total. The van der Waals surface area contributed by atoms with Gasteiger partial charge in [0.15, 0.2) is 0 Å². The molecule has 1 aromatic rings. The summed E-state index contributed by atoms with van der Waals surface area (Å²) in [6.45, 7) is 4.60. The van der Waals surface area contributed by atoms with Gasteiger partial charge in [-0.15, -0.1) is 0 Å². The molecule has 1 amide bonds. The third-order valence-electron chi connectivity index (χ3n) is 2.68. The summed E-state index contributed by atoms with van der Waals surface area (Å²) in [6.07, 6.45) is 3.95. The van der Waals surface area contributed by atoms with E-state index in [9.17, 15) is 9.18 Å². The zero-order chi connectivity index (χ0) is 14.3. The van der Waals surface area contributed by atoms with Crippen LogP contribution in [0.2, 0.25) is 0 Å². The van der Waals surface area contributed by atoms with Crippen LogP contribution in [0.4, 0.5) is 4.39 Å². The second-order valence-electron chi connectivity index (χ2n) is 4.96. The Morgan fingerprint density at radius 1 is 1.37 bits per heavy atom. The fourth-order valence-corrected chi connectivity index (χ4v) is 1.78. The topological polar surface area (TPSA) is 55.1 Å². The van der Waals surface area contributed by atoms with Crippen molar-refractivity contribution in [3.63, 3.8) is 0 Å². The van der Waals surface area contributed by atoms with Crippen LogP contribution in [0.3, 0.4) is 0 Å². The highest BCUT2D eigenvalue weighted by atomic mass is 19.1. The van der Waals surface area contributed by atoms with Crippen LogP contribution in [0.1, 0.15) is 25.8 Å². The van der Waals surface area contributed by atoms with Crippen molar-refractivity contribution in [3.05, 3.63) is 41.7 Å². The molecule has 0 heterocycles. The van der Waals surface area contributed by atoms with Crippen LogP contribution < -0.4 is 11.1 Å². The van der Waals surface area contributed by atoms with Gasteiger partial charge in [0.25, 0.3) is 0 Å². The lowest BCUT2D eigenvalue weighted by atomic mass is 10.0. The number of halogens is 1. The van der Waals surface area contributed by atoms with Gasteiger partial charge in [-0.2, -0.15) is 0 Å². The summed E-state index contributed by atoms with van der Waals surface area (Å²) in [5, 5.41) is 2.85. The predicted octanol–water partition coefficient (Wildman–Crippen LogP) is 2.33. The first-order valence-corrected chi connectivity index (χ1v) is 6.45. The van der Waals surface area contributed by atoms with Crippen molar-refractivity contribution in [3.8, 4) is 0 Å². The van der Waals surface area contributed by atoms with Crippen molar-refractivity contribution < 1.29 is 9.18 Å². The predicted molar refractivity (Wildman–Crippen MR) is 75.9 cm³/mol. The van der Waals surface area contributed by atoms with Crippen molar-refractivity contribution >= 4 is 12.0 Å². The average Bonchev–Trinajstić information content (AvgIpc) is 2.36. The Morgan fingerprint density at radius 3 is 2.53 bits per heavy atom. The summed E-state index contributed by atoms with van der Waals surface area (Å²) < 4.78 is 12.7. The minimum atomic E-state index is -0.290. The number of rotatable bonds is 6. The summed E-state index contributed by atoms with van der Waals surface area (Å²) in [4.78, 5) is 11.7. The molecule has 1 aromatic carbocycles. The molecule has 4 heteroatoms. The second kappa shape index (κ2) is 7.69. The van der Waals surface area contributed by atoms with Gasteiger partial charge in [-0.3, -0.25) is 4.79 Å². The third-order valence-corrected chi connectivity index (χ3v) is 2.68. The molecule has 0 radical (unpaired) electrons. The lowest BCUT2D eigenvalue weighted by Gasteiger charge is -2.17. The first-order valence-electron chi connectivity index (χ1n) is 6.45. The Balaban J connectivity index is 2.52. The van der Waals surface area contributed by atoms with Crippen LogP contribution in [0.5, 0.6) is 0 Å². The van der Waals surface area contributed by atoms with Crippen molar-refractivity contribution in [1.82, 2.24) is 5.32 Å². The molecule has 1 rings (SSSR count). The zero-order valence-corrected chi connectivity index (χ0v) is 11.4. The fourth-order valence-electron chi connectivity index (χ4n) is 1.78. The average molecular weight is 264 g/mol. The van der Waals surface area contributed by atoms with E-state index < -0.39 is 0 Å². The van der Waals surface area contributed by atoms with Gasteiger partial charge in [0.05, 0.1) is 0 Å². The number of amides is 1. The molecule has 1 atom stereocenters. The molecule has 19 heavy (non-hydrogen) atoms. The Kier molecular flexibility index (Phi) is 6.22. The van der Waals surface area contributed by atoms with Gasteiger partial charge in [-0.05, 0) is 36.1 Å². The van der Waals surface area contributed by atoms with E-state index in [1.165, 1.54) is 18.2 Å². The molecule has 0 aromatic heterocycles. The standard InChI is InChI=1S/C15H21FN2O/c1-11(2)9-14(10-17)18-15(19)8-5-12-3-6-13(16)7-4-12/h3-8,11,14H,9-10,17H2,1-2H3,(H,18,19). The summed E-state index contributed by atoms with van der Waals surface area (Å²) in [5.41, 5.74) is 6.39. The van der Waals surface area contributed by atoms with Crippen LogP contribution in [0.25, 0.3) is 6.08 Å². The molecule has 0 saturated heterocycles. The Morgan fingerprint density at radius 2 is 2.00 bits per heavy atom. The van der Waals surface area contributed by atoms with Gasteiger partial charge in [-0.1, -0.05) is 26.0 Å². The van der Waals surface area contributed by atoms with Crippen LogP contribution in [-0.2, 0) is 4.79 Å². The van der Waals surface area contributed by atoms with E-state index in [0.29, 0.717) is 12.5 Å². The molecule has 0 fully saturated rings. The van der Waals surface area contributed by atoms with E-state index in [2.05, 4.69) is 19.2 Å². The number of nitrogens with two attached hydrogens (primary N) is 1. The number of nitrogens with one attached hydrogen (secondary N) is 1. The lowest BCUT2D eigenvalue weighted by molar-refractivity contribution is -0.117. The van der Waals surface area contributed by atoms with E-state index in [-0.39, 0.29) is 17.8 Å². The Labute approximate surface area is 113 Å². The largest absolute Gasteiger partial charge is 0.349 e. The molecule has 104 valence electrons. The van der Waals surface area contributed by atoms with Crippen LogP contribution >= 0.6 is 0 Å². The SMILES string of the molecule is CC(C)CC(CN)NC(=O)C=Cc1ccc(F)cc1. The van der Waals surface area contributed by atoms with Crippen molar-refractivity contribution in [1.29, 1.82) is 0 Å². The highest BCUT2D eigenvalue weighted by molar-refractivity contribution is 5.91. The Bertz CT molecular complexity index is 426. The lowest BCUT2D eigenvalue weighted by Crippen LogP contribution is -2.40. The van der Waals surface area contributed by atoms with Gasteiger partial charge >= 0.3 is 0 Å². The van der Waals surface area contributed by atoms with Gasteiger partial charge in [0.1, 0.15) is 5.82 Å². The van der Waals surface area contributed by atoms with Crippen molar-refractivity contribution in [2.75, 3.05) is 6.54 Å². The maximum Gasteiger partial charge on any atom is 0.244 e. The number of hydrogen-bond donors (Lipinski definition) is 2. The molecular formula is C15H21FN2O. The number of carbonyl (C=O) groups is 1. The molecule has 3 nitrogen and oxygen atoms in total. The van der Waals surface area contributed by atoms with Crippen LogP contribution in [0, 0.1) is 11.7 Å². The highest BCUT2D eigenvalue weighted by Gasteiger charge is 2.10. The first kappa shape index (κ1) is 15.4. The quantitative estimate of drug-likeness (QED) is 0.775. The summed E-state index contributed by atoms with van der Waals surface area (Å²) in [6, 6.07) is 5.95. The van der Waals surface area contributed by atoms with E-state index in [0.717, 1.165) is 12.0 Å². The third kappa shape index (κ3) is 6.15. The van der Waals surface area contributed by atoms with Gasteiger partial charge in [0.2, 0.25) is 5.91 Å². The van der Waals surface area contributed by atoms with E-state index in [1.807, 2.05) is 0 Å². The second-order valence-corrected chi connectivity index (χ2v) is 4.96. The fraction of sp³-hybridized carbons (Fsp3) is 0.400. The normalized spacial score (nSPS) is 12.9. The molecule has 1 unspecified atom stereocenters. The maximum absolute atomic E-state index is 12.7. The molecular weight excluding hydrogens is 243 g/mol. The molecule has 0 spiro atoms. The monoisotopic (exact) mass is 264 g/mol. The van der Waals surface area contributed by atoms with Crippen LogP contribution in [0.15, 0.2) is 30.3 Å². The van der Waals surface area contributed by atoms with Crippen LogP contribution in [-0.4, -0.2) is 18.5 Å². The minimum absolute atomic E-state index is 0.00892. The maximum atomic E-state index is 12.7. The highest BCUT2D eigenvalue weighted by Crippen LogP contribution is 2.05. The molecule has 0 aliphatic carbocycles. The van der Waals surface area contributed by atoms with E-state index in [4.69, 9.17) is 5.73 Å². The smallest absolute Gasteiger partial charge is 0.244 e. The number of carbonyl (C=O) groups excluding carboxylic acids is 1. The molecule has 0 aliphatic rings. The van der Waals surface area contributed by atoms with E-state index >= 15 is 0 Å². The number of hydrogen-bond acceptors (Lipinski definition) is 2. The Hall–Kier alpha value is -1.68. The number of benzene rings is 1. The molecule has 0 bridgehead atoms. The minimum Gasteiger partial charge on any atom is -0.349 e. The first-order chi connectivity index (χ1) is 9.01. The van der Waals surface area contributed by atoms with E-state index in [1.54, 1.807) is 18.2 Å². The summed E-state index contributed by atoms with van der Waals surface area (Å²) in [7, 11) is 0. The van der Waals surface area contributed by atoms with Gasteiger partial charge < -0.3 is 11.1 Å². The zero-order valence-electron chi connectivity index (χ0n) is 11.4. The molecule has 0 saturated carbocycles. The molecule has 0 aliphatic heterocycles. The summed E-state index contributed by atoms with van der Waals surface area (Å²) >= 11 is 0. The van der Waals surface area contributed by atoms with Gasteiger partial charge in [0, 0.05) is 18.7 Å². The van der Waals surface area contributed by atoms with Crippen molar-refractivity contribution in [2.45, 2.75) is 26.3 Å².